The van der Waals surface area contributed by atoms with E-state index < -0.39 is 24.4 Å². The summed E-state index contributed by atoms with van der Waals surface area (Å²) >= 11 is 1.11. The van der Waals surface area contributed by atoms with Gasteiger partial charge in [-0.05, 0) is 50.7 Å². The van der Waals surface area contributed by atoms with Crippen molar-refractivity contribution < 1.29 is 22.4 Å². The molecule has 0 spiro atoms. The number of carbonyl (C=O) groups is 1. The normalized spacial score (nSPS) is 20.3. The Kier molecular flexibility index (Phi) is 7.34. The molecule has 2 N–H and O–H groups in total. The number of nitrogens with zero attached hydrogens (tertiary/aromatic N) is 4. The van der Waals surface area contributed by atoms with E-state index in [4.69, 9.17) is 0 Å². The molecular weight excluding hydrogens is 532 g/mol. The molecule has 5 rings (SSSR count). The standard InChI is InChI=1S/C27H28F4N6OS/c1-26(28)15-36(2)12-11-22(26)33-19-9-6-10-20-18(19)13-21(37(20)16-27(29,30)31)25-35-34-23(39-25)14-32-24(38)17-7-4-3-5-8-17/h3-10,13,22,33H,11-12,14-16H2,1-2H3,(H,32,38)/t22-,26+/m0/s1. The smallest absolute Gasteiger partial charge is 0.378 e. The highest BCUT2D eigenvalue weighted by molar-refractivity contribution is 7.14. The van der Waals surface area contributed by atoms with Gasteiger partial charge in [-0.2, -0.15) is 13.2 Å². The minimum Gasteiger partial charge on any atom is -0.378 e. The number of rotatable bonds is 7. The highest BCUT2D eigenvalue weighted by Gasteiger charge is 2.39. The fourth-order valence-corrected chi connectivity index (χ4v) is 5.80. The zero-order valence-electron chi connectivity index (χ0n) is 21.4. The summed E-state index contributed by atoms with van der Waals surface area (Å²) in [6, 6.07) is 14.8. The van der Waals surface area contributed by atoms with Crippen molar-refractivity contribution in [2.45, 2.75) is 44.3 Å². The van der Waals surface area contributed by atoms with Crippen molar-refractivity contribution in [3.05, 3.63) is 65.2 Å². The maximum Gasteiger partial charge on any atom is 0.406 e. The van der Waals surface area contributed by atoms with Crippen molar-refractivity contribution in [3.63, 3.8) is 0 Å². The molecule has 39 heavy (non-hydrogen) atoms. The van der Waals surface area contributed by atoms with Crippen LogP contribution in [0, 0.1) is 0 Å². The lowest BCUT2D eigenvalue weighted by Crippen LogP contribution is -2.54. The third-order valence-corrected chi connectivity index (χ3v) is 7.79. The molecule has 1 saturated heterocycles. The molecule has 0 aliphatic carbocycles. The van der Waals surface area contributed by atoms with E-state index in [-0.39, 0.29) is 24.7 Å². The molecule has 1 aliphatic heterocycles. The maximum atomic E-state index is 15.4. The first kappa shape index (κ1) is 27.1. The lowest BCUT2D eigenvalue weighted by molar-refractivity contribution is -0.139. The number of hydrogen-bond donors (Lipinski definition) is 2. The predicted molar refractivity (Wildman–Crippen MR) is 144 cm³/mol. The van der Waals surface area contributed by atoms with Gasteiger partial charge in [0.1, 0.15) is 17.2 Å². The van der Waals surface area contributed by atoms with Crippen molar-refractivity contribution >= 4 is 33.8 Å². The van der Waals surface area contributed by atoms with Crippen LogP contribution in [0.2, 0.25) is 0 Å². The fraction of sp³-hybridized carbons (Fsp3) is 0.370. The van der Waals surface area contributed by atoms with Gasteiger partial charge in [0.15, 0.2) is 5.01 Å². The average Bonchev–Trinajstić information content (AvgIpc) is 3.49. The molecule has 206 valence electrons. The monoisotopic (exact) mass is 560 g/mol. The molecule has 0 bridgehead atoms. The van der Waals surface area contributed by atoms with Crippen LogP contribution in [0.3, 0.4) is 0 Å². The number of hydrogen-bond acceptors (Lipinski definition) is 6. The lowest BCUT2D eigenvalue weighted by atomic mass is 9.90. The molecule has 3 heterocycles. The summed E-state index contributed by atoms with van der Waals surface area (Å²) < 4.78 is 57.5. The van der Waals surface area contributed by atoms with Gasteiger partial charge in [0.05, 0.1) is 23.8 Å². The van der Waals surface area contributed by atoms with Crippen molar-refractivity contribution in [2.24, 2.45) is 0 Å². The van der Waals surface area contributed by atoms with Crippen molar-refractivity contribution in [1.82, 2.24) is 25.0 Å². The molecule has 4 aromatic rings. The van der Waals surface area contributed by atoms with Crippen LogP contribution < -0.4 is 10.6 Å². The van der Waals surface area contributed by atoms with Crippen LogP contribution in [0.1, 0.15) is 28.7 Å². The number of amides is 1. The topological polar surface area (TPSA) is 75.1 Å². The highest BCUT2D eigenvalue weighted by Crippen LogP contribution is 2.37. The van der Waals surface area contributed by atoms with Crippen LogP contribution in [-0.4, -0.2) is 63.6 Å². The number of piperidine rings is 1. The van der Waals surface area contributed by atoms with Gasteiger partial charge < -0.3 is 20.1 Å². The first-order chi connectivity index (χ1) is 18.5. The minimum atomic E-state index is -4.48. The second-order valence-corrected chi connectivity index (χ2v) is 11.1. The Balaban J connectivity index is 1.45. The van der Waals surface area contributed by atoms with Crippen LogP contribution >= 0.6 is 11.3 Å². The van der Waals surface area contributed by atoms with E-state index in [9.17, 15) is 18.0 Å². The highest BCUT2D eigenvalue weighted by atomic mass is 32.1. The summed E-state index contributed by atoms with van der Waals surface area (Å²) in [5.41, 5.74) is 0.149. The molecule has 1 amide bonds. The van der Waals surface area contributed by atoms with E-state index >= 15 is 4.39 Å². The molecule has 2 aromatic carbocycles. The average molecular weight is 561 g/mol. The second-order valence-electron chi connectivity index (χ2n) is 10.0. The van der Waals surface area contributed by atoms with Crippen LogP contribution in [0.25, 0.3) is 21.6 Å². The molecule has 7 nitrogen and oxygen atoms in total. The molecule has 0 unspecified atom stereocenters. The quantitative estimate of drug-likeness (QED) is 0.292. The van der Waals surface area contributed by atoms with Gasteiger partial charge in [0.2, 0.25) is 0 Å². The van der Waals surface area contributed by atoms with Gasteiger partial charge in [0.25, 0.3) is 5.91 Å². The zero-order valence-corrected chi connectivity index (χ0v) is 22.2. The van der Waals surface area contributed by atoms with Gasteiger partial charge >= 0.3 is 6.18 Å². The van der Waals surface area contributed by atoms with E-state index in [1.165, 1.54) is 0 Å². The summed E-state index contributed by atoms with van der Waals surface area (Å²) in [5, 5.41) is 15.6. The molecule has 0 saturated carbocycles. The number of benzene rings is 2. The summed E-state index contributed by atoms with van der Waals surface area (Å²) in [7, 11) is 1.86. The number of nitrogens with one attached hydrogen (secondary N) is 2. The van der Waals surface area contributed by atoms with E-state index in [0.717, 1.165) is 15.9 Å². The number of halogens is 4. The Bertz CT molecular complexity index is 1470. The van der Waals surface area contributed by atoms with E-state index in [0.29, 0.717) is 45.1 Å². The minimum absolute atomic E-state index is 0.0862. The summed E-state index contributed by atoms with van der Waals surface area (Å²) in [6.45, 7) is 1.38. The first-order valence-corrected chi connectivity index (χ1v) is 13.3. The Labute approximate surface area is 226 Å². The van der Waals surface area contributed by atoms with Crippen LogP contribution in [0.15, 0.2) is 54.6 Å². The Hall–Kier alpha value is -3.51. The van der Waals surface area contributed by atoms with E-state index in [1.807, 2.05) is 11.9 Å². The van der Waals surface area contributed by atoms with E-state index in [1.54, 1.807) is 61.5 Å². The molecule has 12 heteroatoms. The summed E-state index contributed by atoms with van der Waals surface area (Å²) in [4.78, 5) is 14.3. The fourth-order valence-electron chi connectivity index (χ4n) is 4.99. The zero-order chi connectivity index (χ0) is 27.8. The van der Waals surface area contributed by atoms with Crippen molar-refractivity contribution in [2.75, 3.05) is 25.5 Å². The second kappa shape index (κ2) is 10.6. The number of alkyl halides is 4. The molecule has 2 atom stereocenters. The summed E-state index contributed by atoms with van der Waals surface area (Å²) in [5.74, 6) is -0.289. The molecule has 1 aliphatic rings. The number of likely N-dealkylation sites (tertiary alicyclic amines) is 1. The van der Waals surface area contributed by atoms with Crippen LogP contribution in [0.4, 0.5) is 23.2 Å². The molecular formula is C27H28F4N6OS. The van der Waals surface area contributed by atoms with Gasteiger partial charge in [-0.3, -0.25) is 4.79 Å². The number of aromatic nitrogens is 3. The predicted octanol–water partition coefficient (Wildman–Crippen LogP) is 5.50. The van der Waals surface area contributed by atoms with Gasteiger partial charge in [-0.25, -0.2) is 4.39 Å². The summed E-state index contributed by atoms with van der Waals surface area (Å²) in [6.07, 6.45) is -3.92. The first-order valence-electron chi connectivity index (χ1n) is 12.5. The van der Waals surface area contributed by atoms with Crippen LogP contribution in [0.5, 0.6) is 0 Å². The maximum absolute atomic E-state index is 15.4. The lowest BCUT2D eigenvalue weighted by Gasteiger charge is -2.40. The van der Waals surface area contributed by atoms with Gasteiger partial charge in [-0.15, -0.1) is 10.2 Å². The third kappa shape index (κ3) is 6.06. The van der Waals surface area contributed by atoms with Gasteiger partial charge in [-0.1, -0.05) is 35.6 Å². The van der Waals surface area contributed by atoms with Crippen molar-refractivity contribution in [1.29, 1.82) is 0 Å². The molecule has 1 fully saturated rings. The third-order valence-electron chi connectivity index (χ3n) is 6.84. The number of anilines is 1. The number of fused-ring (bicyclic) bond motifs is 1. The Morgan fingerprint density at radius 2 is 1.92 bits per heavy atom. The molecule has 0 radical (unpaired) electrons. The van der Waals surface area contributed by atoms with Gasteiger partial charge in [0, 0.05) is 29.7 Å². The van der Waals surface area contributed by atoms with Crippen LogP contribution in [-0.2, 0) is 13.1 Å². The Morgan fingerprint density at radius 1 is 1.15 bits per heavy atom. The Morgan fingerprint density at radius 3 is 2.64 bits per heavy atom. The largest absolute Gasteiger partial charge is 0.406 e. The number of carbonyl (C=O) groups excluding carboxylic acids is 1. The SMILES string of the molecule is CN1CC[C@H](Nc2cccc3c2cc(-c2nnc(CNC(=O)c4ccccc4)s2)n3CC(F)(F)F)[C@](C)(F)C1. The van der Waals surface area contributed by atoms with E-state index in [2.05, 4.69) is 20.8 Å². The van der Waals surface area contributed by atoms with Crippen molar-refractivity contribution in [3.8, 4) is 10.7 Å². The molecule has 2 aromatic heterocycles.